The van der Waals surface area contributed by atoms with Gasteiger partial charge in [0, 0.05) is 5.75 Å². The lowest BCUT2D eigenvalue weighted by Gasteiger charge is -2.39. The van der Waals surface area contributed by atoms with Crippen LogP contribution in [0.4, 0.5) is 0 Å². The molecular formula is C9H18O6S. The first kappa shape index (κ1) is 14.2. The number of thioether (sulfide) groups is 1. The van der Waals surface area contributed by atoms with Crippen LogP contribution in [0.2, 0.25) is 0 Å². The quantitative estimate of drug-likeness (QED) is 0.428. The molecule has 0 spiro atoms. The van der Waals surface area contributed by atoms with Crippen LogP contribution in [0.5, 0.6) is 0 Å². The molecule has 1 saturated heterocycles. The second kappa shape index (κ2) is 6.75. The Morgan fingerprint density at radius 3 is 2.44 bits per heavy atom. The number of ether oxygens (including phenoxy) is 2. The Morgan fingerprint density at radius 2 is 1.88 bits per heavy atom. The zero-order valence-corrected chi connectivity index (χ0v) is 9.84. The van der Waals surface area contributed by atoms with Crippen LogP contribution in [0.1, 0.15) is 0 Å². The first-order valence-electron chi connectivity index (χ1n) is 5.03. The average molecular weight is 254 g/mol. The van der Waals surface area contributed by atoms with Gasteiger partial charge in [0.1, 0.15) is 24.4 Å². The molecule has 0 aliphatic carbocycles. The SMILES string of the molecule is CSCCO[C@H]1OC(CO)[C@H](O)[C@H](O)C1O. The lowest BCUT2D eigenvalue weighted by atomic mass is 9.99. The number of aliphatic hydroxyl groups excluding tert-OH is 4. The lowest BCUT2D eigenvalue weighted by molar-refractivity contribution is -0.299. The van der Waals surface area contributed by atoms with Crippen LogP contribution < -0.4 is 0 Å². The van der Waals surface area contributed by atoms with E-state index in [1.54, 1.807) is 11.8 Å². The van der Waals surface area contributed by atoms with E-state index in [9.17, 15) is 15.3 Å². The van der Waals surface area contributed by atoms with E-state index in [4.69, 9.17) is 14.6 Å². The molecule has 1 aliphatic heterocycles. The smallest absolute Gasteiger partial charge is 0.186 e. The Bertz CT molecular complexity index is 202. The van der Waals surface area contributed by atoms with Gasteiger partial charge in [-0.15, -0.1) is 0 Å². The van der Waals surface area contributed by atoms with Gasteiger partial charge in [0.15, 0.2) is 6.29 Å². The highest BCUT2D eigenvalue weighted by Gasteiger charge is 2.43. The van der Waals surface area contributed by atoms with E-state index < -0.39 is 37.3 Å². The summed E-state index contributed by atoms with van der Waals surface area (Å²) in [5.41, 5.74) is 0. The van der Waals surface area contributed by atoms with Gasteiger partial charge in [-0.25, -0.2) is 0 Å². The molecule has 0 saturated carbocycles. The fraction of sp³-hybridized carbons (Fsp3) is 1.00. The van der Waals surface area contributed by atoms with Gasteiger partial charge in [-0.3, -0.25) is 0 Å². The van der Waals surface area contributed by atoms with Crippen molar-refractivity contribution >= 4 is 11.8 Å². The third kappa shape index (κ3) is 3.30. The zero-order chi connectivity index (χ0) is 12.1. The van der Waals surface area contributed by atoms with Crippen LogP contribution in [0.25, 0.3) is 0 Å². The fourth-order valence-corrected chi connectivity index (χ4v) is 1.72. The number of hydrogen-bond acceptors (Lipinski definition) is 7. The summed E-state index contributed by atoms with van der Waals surface area (Å²) < 4.78 is 10.3. The van der Waals surface area contributed by atoms with Crippen molar-refractivity contribution in [2.75, 3.05) is 25.2 Å². The van der Waals surface area contributed by atoms with Gasteiger partial charge in [0.2, 0.25) is 0 Å². The van der Waals surface area contributed by atoms with Gasteiger partial charge >= 0.3 is 0 Å². The largest absolute Gasteiger partial charge is 0.394 e. The minimum Gasteiger partial charge on any atom is -0.394 e. The maximum atomic E-state index is 9.57. The molecule has 2 unspecified atom stereocenters. The van der Waals surface area contributed by atoms with Gasteiger partial charge < -0.3 is 29.9 Å². The average Bonchev–Trinajstić information content (AvgIpc) is 2.29. The number of rotatable bonds is 5. The van der Waals surface area contributed by atoms with E-state index in [1.807, 2.05) is 6.26 Å². The topological polar surface area (TPSA) is 99.4 Å². The van der Waals surface area contributed by atoms with Crippen LogP contribution in [-0.4, -0.2) is 76.4 Å². The van der Waals surface area contributed by atoms with Crippen LogP contribution in [0, 0.1) is 0 Å². The zero-order valence-electron chi connectivity index (χ0n) is 9.02. The molecule has 16 heavy (non-hydrogen) atoms. The van der Waals surface area contributed by atoms with E-state index in [1.165, 1.54) is 0 Å². The molecule has 1 fully saturated rings. The molecule has 5 atom stereocenters. The minimum absolute atomic E-state index is 0.365. The third-order valence-corrected chi connectivity index (χ3v) is 2.99. The second-order valence-corrected chi connectivity index (χ2v) is 4.55. The molecule has 96 valence electrons. The number of aliphatic hydroxyl groups is 4. The van der Waals surface area contributed by atoms with E-state index in [2.05, 4.69) is 0 Å². The van der Waals surface area contributed by atoms with E-state index in [0.717, 1.165) is 5.75 Å². The van der Waals surface area contributed by atoms with Crippen molar-refractivity contribution in [3.63, 3.8) is 0 Å². The van der Waals surface area contributed by atoms with Gasteiger partial charge in [0.25, 0.3) is 0 Å². The molecule has 0 aromatic rings. The Morgan fingerprint density at radius 1 is 1.19 bits per heavy atom. The van der Waals surface area contributed by atoms with E-state index in [-0.39, 0.29) is 0 Å². The Balaban J connectivity index is 2.50. The van der Waals surface area contributed by atoms with Gasteiger partial charge in [-0.05, 0) is 6.26 Å². The van der Waals surface area contributed by atoms with Crippen LogP contribution in [0.15, 0.2) is 0 Å². The predicted molar refractivity (Wildman–Crippen MR) is 58.1 cm³/mol. The molecule has 1 rings (SSSR count). The summed E-state index contributed by atoms with van der Waals surface area (Å²) in [7, 11) is 0. The summed E-state index contributed by atoms with van der Waals surface area (Å²) in [6, 6.07) is 0. The molecule has 0 radical (unpaired) electrons. The highest BCUT2D eigenvalue weighted by Crippen LogP contribution is 2.21. The minimum atomic E-state index is -1.37. The normalized spacial score (nSPS) is 39.9. The van der Waals surface area contributed by atoms with Gasteiger partial charge in [-0.2, -0.15) is 11.8 Å². The molecule has 1 aliphatic rings. The monoisotopic (exact) mass is 254 g/mol. The lowest BCUT2D eigenvalue weighted by Crippen LogP contribution is -2.59. The molecule has 0 bridgehead atoms. The Labute approximate surface area is 98.2 Å². The summed E-state index contributed by atoms with van der Waals surface area (Å²) in [6.45, 7) is -0.0722. The molecular weight excluding hydrogens is 236 g/mol. The molecule has 6 nitrogen and oxygen atoms in total. The van der Waals surface area contributed by atoms with E-state index >= 15 is 0 Å². The van der Waals surface area contributed by atoms with Crippen molar-refractivity contribution in [1.82, 2.24) is 0 Å². The molecule has 4 N–H and O–H groups in total. The van der Waals surface area contributed by atoms with Crippen molar-refractivity contribution in [3.05, 3.63) is 0 Å². The third-order valence-electron chi connectivity index (χ3n) is 2.42. The van der Waals surface area contributed by atoms with Crippen LogP contribution in [0.3, 0.4) is 0 Å². The highest BCUT2D eigenvalue weighted by atomic mass is 32.2. The molecule has 0 amide bonds. The van der Waals surface area contributed by atoms with Gasteiger partial charge in [-0.1, -0.05) is 0 Å². The first-order valence-corrected chi connectivity index (χ1v) is 6.42. The predicted octanol–water partition coefficient (Wildman–Crippen LogP) is -1.83. The first-order chi connectivity index (χ1) is 7.61. The second-order valence-electron chi connectivity index (χ2n) is 3.56. The van der Waals surface area contributed by atoms with Crippen molar-refractivity contribution < 1.29 is 29.9 Å². The molecule has 7 heteroatoms. The summed E-state index contributed by atoms with van der Waals surface area (Å²) >= 11 is 1.58. The maximum absolute atomic E-state index is 9.57. The van der Waals surface area contributed by atoms with Crippen molar-refractivity contribution in [3.8, 4) is 0 Å². The summed E-state index contributed by atoms with van der Waals surface area (Å²) in [5.74, 6) is 0.731. The summed E-state index contributed by atoms with van der Waals surface area (Å²) in [5, 5.41) is 37.4. The van der Waals surface area contributed by atoms with Crippen molar-refractivity contribution in [1.29, 1.82) is 0 Å². The summed E-state index contributed by atoms with van der Waals surface area (Å²) in [6.07, 6.45) is -4.01. The van der Waals surface area contributed by atoms with Crippen molar-refractivity contribution in [2.45, 2.75) is 30.7 Å². The maximum Gasteiger partial charge on any atom is 0.186 e. The molecule has 0 aromatic heterocycles. The van der Waals surface area contributed by atoms with E-state index in [0.29, 0.717) is 6.61 Å². The number of hydrogen-bond donors (Lipinski definition) is 4. The summed E-state index contributed by atoms with van der Waals surface area (Å²) in [4.78, 5) is 0. The van der Waals surface area contributed by atoms with Gasteiger partial charge in [0.05, 0.1) is 13.2 Å². The Kier molecular flexibility index (Phi) is 5.98. The highest BCUT2D eigenvalue weighted by molar-refractivity contribution is 7.98. The van der Waals surface area contributed by atoms with Crippen LogP contribution in [-0.2, 0) is 9.47 Å². The van der Waals surface area contributed by atoms with Crippen LogP contribution >= 0.6 is 11.8 Å². The fourth-order valence-electron chi connectivity index (χ4n) is 1.45. The standard InChI is InChI=1S/C9H18O6S/c1-16-3-2-14-9-8(13)7(12)6(11)5(4-10)15-9/h5-13H,2-4H2,1H3/t5?,6-,7-,8?,9-/m0/s1. The Hall–Kier alpha value is 0.110. The molecule has 0 aromatic carbocycles. The molecule has 1 heterocycles. The van der Waals surface area contributed by atoms with Crippen molar-refractivity contribution in [2.24, 2.45) is 0 Å².